The maximum absolute atomic E-state index is 5.95. The van der Waals surface area contributed by atoms with Crippen LogP contribution in [0.1, 0.15) is 42.4 Å². The van der Waals surface area contributed by atoms with E-state index in [-0.39, 0.29) is 11.6 Å². The number of ether oxygens (including phenoxy) is 1. The summed E-state index contributed by atoms with van der Waals surface area (Å²) in [7, 11) is 0. The van der Waals surface area contributed by atoms with Gasteiger partial charge in [-0.2, -0.15) is 0 Å². The molecule has 20 heavy (non-hydrogen) atoms. The number of H-pyrrole nitrogens is 1. The number of nitrogens with one attached hydrogen (secondary N) is 2. The van der Waals surface area contributed by atoms with Gasteiger partial charge >= 0.3 is 0 Å². The molecular formula is C16H19N3O. The van der Waals surface area contributed by atoms with E-state index in [0.29, 0.717) is 0 Å². The minimum Gasteiger partial charge on any atom is -0.487 e. The zero-order chi connectivity index (χ0) is 13.7. The van der Waals surface area contributed by atoms with Crippen LogP contribution in [0.4, 0.5) is 0 Å². The van der Waals surface area contributed by atoms with Gasteiger partial charge in [0.05, 0.1) is 18.1 Å². The van der Waals surface area contributed by atoms with Crippen molar-refractivity contribution < 1.29 is 4.74 Å². The first-order chi connectivity index (χ1) is 9.62. The Hall–Kier alpha value is -1.81. The molecule has 2 aliphatic rings. The van der Waals surface area contributed by atoms with E-state index in [4.69, 9.17) is 4.74 Å². The predicted octanol–water partition coefficient (Wildman–Crippen LogP) is 2.36. The van der Waals surface area contributed by atoms with E-state index in [2.05, 4.69) is 47.3 Å². The summed E-state index contributed by atoms with van der Waals surface area (Å²) in [4.78, 5) is 7.73. The Kier molecular flexibility index (Phi) is 2.45. The molecule has 0 saturated carbocycles. The smallest absolute Gasteiger partial charge is 0.123 e. The van der Waals surface area contributed by atoms with E-state index in [1.807, 2.05) is 0 Å². The SMILES string of the molecule is CC1(C)Cc2cc([C@@H]3NCCc4[nH]cnc43)ccc2O1. The molecule has 0 fully saturated rings. The predicted molar refractivity (Wildman–Crippen MR) is 77.0 cm³/mol. The molecule has 0 aliphatic carbocycles. The number of imidazole rings is 1. The Balaban J connectivity index is 1.72. The van der Waals surface area contributed by atoms with Crippen LogP contribution in [-0.2, 0) is 12.8 Å². The fraction of sp³-hybridized carbons (Fsp3) is 0.438. The molecule has 0 radical (unpaired) electrons. The third-order valence-electron chi connectivity index (χ3n) is 4.17. The van der Waals surface area contributed by atoms with Crippen LogP contribution in [0.15, 0.2) is 24.5 Å². The highest BCUT2D eigenvalue weighted by molar-refractivity contribution is 5.44. The summed E-state index contributed by atoms with van der Waals surface area (Å²) in [5.41, 5.74) is 4.88. The average molecular weight is 269 g/mol. The second-order valence-corrected chi connectivity index (χ2v) is 6.31. The number of fused-ring (bicyclic) bond motifs is 2. The van der Waals surface area contributed by atoms with Crippen molar-refractivity contribution in [3.63, 3.8) is 0 Å². The highest BCUT2D eigenvalue weighted by Crippen LogP contribution is 2.37. The molecule has 0 amide bonds. The van der Waals surface area contributed by atoms with Gasteiger partial charge in [0.1, 0.15) is 11.4 Å². The first-order valence-electron chi connectivity index (χ1n) is 7.20. The van der Waals surface area contributed by atoms with E-state index in [1.54, 1.807) is 6.33 Å². The van der Waals surface area contributed by atoms with Crippen LogP contribution in [0, 0.1) is 0 Å². The van der Waals surface area contributed by atoms with Gasteiger partial charge in [-0.1, -0.05) is 6.07 Å². The lowest BCUT2D eigenvalue weighted by Crippen LogP contribution is -2.30. The van der Waals surface area contributed by atoms with Crippen molar-refractivity contribution in [3.8, 4) is 5.75 Å². The summed E-state index contributed by atoms with van der Waals surface area (Å²) in [6.45, 7) is 5.26. The van der Waals surface area contributed by atoms with Crippen LogP contribution in [0.3, 0.4) is 0 Å². The number of rotatable bonds is 1. The van der Waals surface area contributed by atoms with Crippen molar-refractivity contribution in [2.45, 2.75) is 38.3 Å². The van der Waals surface area contributed by atoms with E-state index in [0.717, 1.165) is 30.8 Å². The third-order valence-corrected chi connectivity index (χ3v) is 4.17. The summed E-state index contributed by atoms with van der Waals surface area (Å²) in [5.74, 6) is 1.02. The molecule has 2 aliphatic heterocycles. The number of hydrogen-bond donors (Lipinski definition) is 2. The van der Waals surface area contributed by atoms with Gasteiger partial charge in [-0.25, -0.2) is 4.98 Å². The van der Waals surface area contributed by atoms with Crippen molar-refractivity contribution in [2.24, 2.45) is 0 Å². The van der Waals surface area contributed by atoms with E-state index in [9.17, 15) is 0 Å². The van der Waals surface area contributed by atoms with Crippen LogP contribution < -0.4 is 10.1 Å². The van der Waals surface area contributed by atoms with Crippen molar-refractivity contribution in [1.82, 2.24) is 15.3 Å². The summed E-state index contributed by atoms with van der Waals surface area (Å²) in [5, 5.41) is 3.57. The van der Waals surface area contributed by atoms with Crippen molar-refractivity contribution in [2.75, 3.05) is 6.54 Å². The number of aromatic nitrogens is 2. The Morgan fingerprint density at radius 1 is 1.35 bits per heavy atom. The topological polar surface area (TPSA) is 49.9 Å². The summed E-state index contributed by atoms with van der Waals surface area (Å²) in [6, 6.07) is 6.72. The van der Waals surface area contributed by atoms with E-state index in [1.165, 1.54) is 16.8 Å². The molecule has 4 heteroatoms. The summed E-state index contributed by atoms with van der Waals surface area (Å²) in [6.07, 6.45) is 3.79. The van der Waals surface area contributed by atoms with Gasteiger partial charge in [0.2, 0.25) is 0 Å². The van der Waals surface area contributed by atoms with E-state index < -0.39 is 0 Å². The first-order valence-corrected chi connectivity index (χ1v) is 7.20. The molecule has 0 unspecified atom stereocenters. The van der Waals surface area contributed by atoms with E-state index >= 15 is 0 Å². The van der Waals surface area contributed by atoms with Crippen LogP contribution in [-0.4, -0.2) is 22.1 Å². The van der Waals surface area contributed by atoms with Crippen LogP contribution in [0.25, 0.3) is 0 Å². The third kappa shape index (κ3) is 1.83. The lowest BCUT2D eigenvalue weighted by atomic mass is 9.94. The molecule has 1 aromatic heterocycles. The Bertz CT molecular complexity index is 659. The molecule has 4 nitrogen and oxygen atoms in total. The normalized spacial score (nSPS) is 23.0. The van der Waals surface area contributed by atoms with Crippen molar-refractivity contribution in [1.29, 1.82) is 0 Å². The average Bonchev–Trinajstić information content (AvgIpc) is 2.98. The Morgan fingerprint density at radius 2 is 2.25 bits per heavy atom. The molecular weight excluding hydrogens is 250 g/mol. The molecule has 2 aromatic rings. The van der Waals surface area contributed by atoms with Gasteiger partial charge in [-0.05, 0) is 37.1 Å². The highest BCUT2D eigenvalue weighted by atomic mass is 16.5. The minimum absolute atomic E-state index is 0.0849. The number of aromatic amines is 1. The van der Waals surface area contributed by atoms with Crippen molar-refractivity contribution >= 4 is 0 Å². The minimum atomic E-state index is -0.0849. The molecule has 2 N–H and O–H groups in total. The molecule has 0 saturated heterocycles. The molecule has 4 rings (SSSR count). The monoisotopic (exact) mass is 269 g/mol. The molecule has 1 atom stereocenters. The lowest BCUT2D eigenvalue weighted by molar-refractivity contribution is 0.138. The van der Waals surface area contributed by atoms with Gasteiger partial charge in [0.15, 0.2) is 0 Å². The van der Waals surface area contributed by atoms with Gasteiger partial charge < -0.3 is 15.0 Å². The Morgan fingerprint density at radius 3 is 3.15 bits per heavy atom. The van der Waals surface area contributed by atoms with Gasteiger partial charge in [-0.15, -0.1) is 0 Å². The molecule has 0 bridgehead atoms. The largest absolute Gasteiger partial charge is 0.487 e. The zero-order valence-electron chi connectivity index (χ0n) is 11.9. The van der Waals surface area contributed by atoms with Gasteiger partial charge in [0.25, 0.3) is 0 Å². The fourth-order valence-electron chi connectivity index (χ4n) is 3.30. The zero-order valence-corrected chi connectivity index (χ0v) is 11.9. The summed E-state index contributed by atoms with van der Waals surface area (Å²) >= 11 is 0. The highest BCUT2D eigenvalue weighted by Gasteiger charge is 2.31. The lowest BCUT2D eigenvalue weighted by Gasteiger charge is -2.23. The molecule has 3 heterocycles. The molecule has 104 valence electrons. The number of nitrogens with zero attached hydrogens (tertiary/aromatic N) is 1. The van der Waals surface area contributed by atoms with Gasteiger partial charge in [-0.3, -0.25) is 0 Å². The first kappa shape index (κ1) is 12.0. The van der Waals surface area contributed by atoms with Crippen molar-refractivity contribution in [3.05, 3.63) is 47.0 Å². The van der Waals surface area contributed by atoms with Crippen LogP contribution in [0.5, 0.6) is 5.75 Å². The maximum Gasteiger partial charge on any atom is 0.123 e. The number of hydrogen-bond acceptors (Lipinski definition) is 3. The second kappa shape index (κ2) is 4.09. The maximum atomic E-state index is 5.95. The summed E-state index contributed by atoms with van der Waals surface area (Å²) < 4.78 is 5.95. The van der Waals surface area contributed by atoms with Gasteiger partial charge in [0, 0.05) is 25.1 Å². The van der Waals surface area contributed by atoms with Crippen LogP contribution in [0.2, 0.25) is 0 Å². The number of benzene rings is 1. The quantitative estimate of drug-likeness (QED) is 0.835. The van der Waals surface area contributed by atoms with Crippen LogP contribution >= 0.6 is 0 Å². The Labute approximate surface area is 118 Å². The molecule has 0 spiro atoms. The fourth-order valence-corrected chi connectivity index (χ4v) is 3.30. The molecule has 1 aromatic carbocycles. The standard InChI is InChI=1S/C16H19N3O/c1-16(2)8-11-7-10(3-4-13(11)20-16)14-15-12(5-6-17-14)18-9-19-15/h3-4,7,9,14,17H,5-6,8H2,1-2H3,(H,18,19)/t14-/m0/s1. The second-order valence-electron chi connectivity index (χ2n) is 6.31.